The van der Waals surface area contributed by atoms with Gasteiger partial charge in [-0.3, -0.25) is 4.90 Å². The SMILES string of the molecule is CC1CN(Cc2cccc(CNC(=O)NCC3Cc4ccccc4O3)c2)CCO1. The number of hydrogen-bond donors (Lipinski definition) is 2. The molecule has 0 saturated carbocycles. The number of ether oxygens (including phenoxy) is 2. The molecule has 0 radical (unpaired) electrons. The molecule has 1 saturated heterocycles. The van der Waals surface area contributed by atoms with Crippen molar-refractivity contribution >= 4 is 6.03 Å². The molecule has 2 unspecified atom stereocenters. The molecule has 2 heterocycles. The van der Waals surface area contributed by atoms with Gasteiger partial charge in [0.1, 0.15) is 11.9 Å². The maximum Gasteiger partial charge on any atom is 0.315 e. The van der Waals surface area contributed by atoms with Gasteiger partial charge in [0.05, 0.1) is 19.3 Å². The van der Waals surface area contributed by atoms with Crippen molar-refractivity contribution in [2.75, 3.05) is 26.2 Å². The summed E-state index contributed by atoms with van der Waals surface area (Å²) < 4.78 is 11.5. The van der Waals surface area contributed by atoms with Crippen molar-refractivity contribution in [2.24, 2.45) is 0 Å². The smallest absolute Gasteiger partial charge is 0.315 e. The Morgan fingerprint density at radius 2 is 2.00 bits per heavy atom. The summed E-state index contributed by atoms with van der Waals surface area (Å²) in [7, 11) is 0. The summed E-state index contributed by atoms with van der Waals surface area (Å²) in [6.07, 6.45) is 1.12. The third-order valence-corrected chi connectivity index (χ3v) is 5.38. The van der Waals surface area contributed by atoms with E-state index >= 15 is 0 Å². The van der Waals surface area contributed by atoms with Gasteiger partial charge < -0.3 is 20.1 Å². The Morgan fingerprint density at radius 3 is 2.86 bits per heavy atom. The second-order valence-corrected chi connectivity index (χ2v) is 7.85. The number of amides is 2. The van der Waals surface area contributed by atoms with E-state index in [1.54, 1.807) is 0 Å². The quantitative estimate of drug-likeness (QED) is 0.790. The molecular weight excluding hydrogens is 366 g/mol. The summed E-state index contributed by atoms with van der Waals surface area (Å²) in [5, 5.41) is 5.86. The third-order valence-electron chi connectivity index (χ3n) is 5.38. The number of nitrogens with one attached hydrogen (secondary N) is 2. The van der Waals surface area contributed by atoms with Crippen LogP contribution >= 0.6 is 0 Å². The Kier molecular flexibility index (Phi) is 6.32. The van der Waals surface area contributed by atoms with Crippen LogP contribution in [0.5, 0.6) is 5.75 Å². The fraction of sp³-hybridized carbons (Fsp3) is 0.435. The Hall–Kier alpha value is -2.57. The van der Waals surface area contributed by atoms with Crippen LogP contribution < -0.4 is 15.4 Å². The molecule has 0 bridgehead atoms. The van der Waals surface area contributed by atoms with Crippen molar-refractivity contribution in [3.8, 4) is 5.75 Å². The minimum absolute atomic E-state index is 0.00241. The van der Waals surface area contributed by atoms with Gasteiger partial charge in [-0.15, -0.1) is 0 Å². The zero-order valence-electron chi connectivity index (χ0n) is 16.9. The molecule has 154 valence electrons. The number of fused-ring (bicyclic) bond motifs is 1. The van der Waals surface area contributed by atoms with Gasteiger partial charge in [0, 0.05) is 32.6 Å². The van der Waals surface area contributed by atoms with E-state index in [2.05, 4.69) is 46.7 Å². The van der Waals surface area contributed by atoms with Crippen LogP contribution in [0.3, 0.4) is 0 Å². The zero-order valence-corrected chi connectivity index (χ0v) is 16.9. The van der Waals surface area contributed by atoms with E-state index in [0.717, 1.165) is 44.0 Å². The van der Waals surface area contributed by atoms with E-state index in [4.69, 9.17) is 9.47 Å². The maximum atomic E-state index is 12.2. The molecule has 0 spiro atoms. The Morgan fingerprint density at radius 1 is 1.14 bits per heavy atom. The van der Waals surface area contributed by atoms with Crippen molar-refractivity contribution < 1.29 is 14.3 Å². The molecule has 2 aromatic carbocycles. The van der Waals surface area contributed by atoms with E-state index in [9.17, 15) is 4.79 Å². The second-order valence-electron chi connectivity index (χ2n) is 7.85. The van der Waals surface area contributed by atoms with Crippen LogP contribution in [0.4, 0.5) is 4.79 Å². The summed E-state index contributed by atoms with van der Waals surface area (Å²) in [5.74, 6) is 0.922. The Balaban J connectivity index is 1.20. The molecule has 6 nitrogen and oxygen atoms in total. The monoisotopic (exact) mass is 395 g/mol. The van der Waals surface area contributed by atoms with E-state index in [1.807, 2.05) is 24.3 Å². The van der Waals surface area contributed by atoms with Crippen LogP contribution in [-0.2, 0) is 24.2 Å². The molecule has 29 heavy (non-hydrogen) atoms. The predicted molar refractivity (Wildman–Crippen MR) is 112 cm³/mol. The maximum absolute atomic E-state index is 12.2. The first-order chi connectivity index (χ1) is 14.2. The predicted octanol–water partition coefficient (Wildman–Crippen LogP) is 2.71. The molecule has 2 atom stereocenters. The Labute approximate surface area is 172 Å². The average Bonchev–Trinajstić information content (AvgIpc) is 3.14. The molecule has 2 aliphatic heterocycles. The standard InChI is InChI=1S/C23H29N3O3/c1-17-15-26(9-10-28-17)16-19-6-4-5-18(11-19)13-24-23(27)25-14-21-12-20-7-2-3-8-22(20)29-21/h2-8,11,17,21H,9-10,12-16H2,1H3,(H2,24,25,27). The lowest BCUT2D eigenvalue weighted by molar-refractivity contribution is -0.0212. The van der Waals surface area contributed by atoms with Crippen LogP contribution in [0.25, 0.3) is 0 Å². The zero-order chi connectivity index (χ0) is 20.1. The van der Waals surface area contributed by atoms with E-state index < -0.39 is 0 Å². The highest BCUT2D eigenvalue weighted by Crippen LogP contribution is 2.27. The van der Waals surface area contributed by atoms with Crippen molar-refractivity contribution in [1.29, 1.82) is 0 Å². The van der Waals surface area contributed by atoms with Gasteiger partial charge >= 0.3 is 6.03 Å². The van der Waals surface area contributed by atoms with Gasteiger partial charge in [-0.25, -0.2) is 4.79 Å². The number of carbonyl (C=O) groups is 1. The van der Waals surface area contributed by atoms with Gasteiger partial charge in [0.2, 0.25) is 0 Å². The van der Waals surface area contributed by atoms with Crippen molar-refractivity contribution in [2.45, 2.75) is 38.6 Å². The molecule has 2 N–H and O–H groups in total. The molecular formula is C23H29N3O3. The van der Waals surface area contributed by atoms with Gasteiger partial charge in [0.15, 0.2) is 0 Å². The lowest BCUT2D eigenvalue weighted by Crippen LogP contribution is -2.41. The summed E-state index contributed by atoms with van der Waals surface area (Å²) in [6, 6.07) is 16.3. The number of hydrogen-bond acceptors (Lipinski definition) is 4. The van der Waals surface area contributed by atoms with Crippen molar-refractivity contribution in [3.05, 3.63) is 65.2 Å². The van der Waals surface area contributed by atoms with Crippen LogP contribution in [0.2, 0.25) is 0 Å². The van der Waals surface area contributed by atoms with Gasteiger partial charge in [-0.2, -0.15) is 0 Å². The minimum Gasteiger partial charge on any atom is -0.488 e. The molecule has 4 rings (SSSR count). The first-order valence-electron chi connectivity index (χ1n) is 10.3. The first-order valence-corrected chi connectivity index (χ1v) is 10.3. The fourth-order valence-corrected chi connectivity index (χ4v) is 3.95. The summed E-state index contributed by atoms with van der Waals surface area (Å²) in [5.41, 5.74) is 3.56. The van der Waals surface area contributed by atoms with Crippen LogP contribution in [0.1, 0.15) is 23.6 Å². The normalized spacial score (nSPS) is 21.3. The number of benzene rings is 2. The van der Waals surface area contributed by atoms with E-state index in [-0.39, 0.29) is 18.2 Å². The minimum atomic E-state index is -0.169. The number of urea groups is 1. The summed E-state index contributed by atoms with van der Waals surface area (Å²) in [6.45, 7) is 6.73. The van der Waals surface area contributed by atoms with Crippen molar-refractivity contribution in [1.82, 2.24) is 15.5 Å². The second kappa shape index (κ2) is 9.29. The molecule has 2 amide bonds. The highest BCUT2D eigenvalue weighted by molar-refractivity contribution is 5.73. The summed E-state index contributed by atoms with van der Waals surface area (Å²) in [4.78, 5) is 14.6. The van der Waals surface area contributed by atoms with Crippen LogP contribution in [0, 0.1) is 0 Å². The fourth-order valence-electron chi connectivity index (χ4n) is 3.95. The van der Waals surface area contributed by atoms with E-state index in [1.165, 1.54) is 11.1 Å². The molecule has 0 aliphatic carbocycles. The van der Waals surface area contributed by atoms with Crippen LogP contribution in [0.15, 0.2) is 48.5 Å². The van der Waals surface area contributed by atoms with Gasteiger partial charge in [-0.05, 0) is 29.7 Å². The number of para-hydroxylation sites is 1. The van der Waals surface area contributed by atoms with Gasteiger partial charge in [0.25, 0.3) is 0 Å². The number of morpholine rings is 1. The lowest BCUT2D eigenvalue weighted by Gasteiger charge is -2.31. The van der Waals surface area contributed by atoms with Crippen LogP contribution in [-0.4, -0.2) is 49.4 Å². The molecule has 1 fully saturated rings. The molecule has 2 aliphatic rings. The number of carbonyl (C=O) groups excluding carboxylic acids is 1. The van der Waals surface area contributed by atoms with Crippen molar-refractivity contribution in [3.63, 3.8) is 0 Å². The Bertz CT molecular complexity index is 817. The topological polar surface area (TPSA) is 62.8 Å². The number of rotatable bonds is 6. The van der Waals surface area contributed by atoms with Gasteiger partial charge in [-0.1, -0.05) is 42.5 Å². The lowest BCUT2D eigenvalue weighted by atomic mass is 10.1. The highest BCUT2D eigenvalue weighted by Gasteiger charge is 2.22. The highest BCUT2D eigenvalue weighted by atomic mass is 16.5. The average molecular weight is 396 g/mol. The van der Waals surface area contributed by atoms with E-state index in [0.29, 0.717) is 13.1 Å². The summed E-state index contributed by atoms with van der Waals surface area (Å²) >= 11 is 0. The molecule has 6 heteroatoms. The number of nitrogens with zero attached hydrogens (tertiary/aromatic N) is 1. The first kappa shape index (κ1) is 19.7. The third kappa shape index (κ3) is 5.49. The molecule has 2 aromatic rings. The largest absolute Gasteiger partial charge is 0.488 e. The molecule has 0 aromatic heterocycles.